The third-order valence-corrected chi connectivity index (χ3v) is 6.65. The van der Waals surface area contributed by atoms with Gasteiger partial charge in [-0.15, -0.1) is 24.2 Å². The molecule has 2 atom stereocenters. The molecule has 2 aromatic carbocycles. The molecule has 0 radical (unpaired) electrons. The molecule has 1 N–H and O–H groups in total. The second kappa shape index (κ2) is 12.2. The fourth-order valence-electron chi connectivity index (χ4n) is 3.48. The third kappa shape index (κ3) is 6.59. The second-order valence-corrected chi connectivity index (χ2v) is 9.28. The van der Waals surface area contributed by atoms with Crippen molar-refractivity contribution in [2.24, 2.45) is 0 Å². The number of nitrogens with zero attached hydrogens (tertiary/aromatic N) is 2. The summed E-state index contributed by atoms with van der Waals surface area (Å²) in [4.78, 5) is 16.7. The molecule has 11 heteroatoms. The molecule has 34 heavy (non-hydrogen) atoms. The van der Waals surface area contributed by atoms with E-state index in [9.17, 15) is 4.79 Å². The van der Waals surface area contributed by atoms with Crippen LogP contribution < -0.4 is 5.32 Å². The number of ether oxygens (including phenoxy) is 3. The van der Waals surface area contributed by atoms with Crippen LogP contribution in [0.5, 0.6) is 0 Å². The molecule has 1 aliphatic rings. The van der Waals surface area contributed by atoms with Gasteiger partial charge in [0.05, 0.1) is 37.2 Å². The van der Waals surface area contributed by atoms with Crippen LogP contribution in [-0.2, 0) is 26.5 Å². The Balaban J connectivity index is 0.00000324. The van der Waals surface area contributed by atoms with Gasteiger partial charge in [0.1, 0.15) is 0 Å². The minimum atomic E-state index is -1.04. The first-order chi connectivity index (χ1) is 16.0. The van der Waals surface area contributed by atoms with Gasteiger partial charge in [-0.3, -0.25) is 5.32 Å². The highest BCUT2D eigenvalue weighted by molar-refractivity contribution is 7.99. The van der Waals surface area contributed by atoms with Gasteiger partial charge in [0.2, 0.25) is 5.79 Å². The number of benzene rings is 2. The zero-order chi connectivity index (χ0) is 23.3. The normalized spacial score (nSPS) is 19.4. The topological polar surface area (TPSA) is 74.6 Å². The Morgan fingerprint density at radius 3 is 2.76 bits per heavy atom. The number of anilines is 1. The third-order valence-electron chi connectivity index (χ3n) is 4.96. The van der Waals surface area contributed by atoms with Crippen molar-refractivity contribution >= 4 is 59.2 Å². The summed E-state index contributed by atoms with van der Waals surface area (Å²) in [6, 6.07) is 12.9. The number of aromatic nitrogens is 2. The Bertz CT molecular complexity index is 1090. The van der Waals surface area contributed by atoms with Gasteiger partial charge in [0.25, 0.3) is 0 Å². The number of carbonyl (C=O) groups excluding carboxylic acids is 1. The highest BCUT2D eigenvalue weighted by atomic mass is 35.5. The van der Waals surface area contributed by atoms with Gasteiger partial charge in [0.15, 0.2) is 0 Å². The molecule has 0 bridgehead atoms. The van der Waals surface area contributed by atoms with E-state index in [-0.39, 0.29) is 18.5 Å². The summed E-state index contributed by atoms with van der Waals surface area (Å²) < 4.78 is 19.5. The van der Waals surface area contributed by atoms with E-state index < -0.39 is 11.9 Å². The van der Waals surface area contributed by atoms with Gasteiger partial charge in [-0.05, 0) is 43.3 Å². The summed E-state index contributed by atoms with van der Waals surface area (Å²) in [6.45, 7) is 2.92. The first kappa shape index (κ1) is 26.7. The van der Waals surface area contributed by atoms with E-state index in [0.717, 1.165) is 10.5 Å². The van der Waals surface area contributed by atoms with Crippen LogP contribution in [0, 0.1) is 0 Å². The maximum atomic E-state index is 11.5. The minimum Gasteiger partial charge on any atom is -0.450 e. The van der Waals surface area contributed by atoms with Crippen molar-refractivity contribution in [2.45, 2.75) is 30.3 Å². The number of nitrogens with one attached hydrogen (secondary N) is 1. The van der Waals surface area contributed by atoms with Crippen LogP contribution in [0.15, 0.2) is 66.1 Å². The molecule has 1 aliphatic heterocycles. The van der Waals surface area contributed by atoms with Gasteiger partial charge in [-0.1, -0.05) is 29.3 Å². The van der Waals surface area contributed by atoms with Crippen molar-refractivity contribution < 1.29 is 19.0 Å². The Kier molecular flexibility index (Phi) is 9.53. The molecule has 1 saturated heterocycles. The van der Waals surface area contributed by atoms with Crippen molar-refractivity contribution in [3.8, 4) is 0 Å². The number of halogens is 3. The van der Waals surface area contributed by atoms with E-state index >= 15 is 0 Å². The van der Waals surface area contributed by atoms with Crippen LogP contribution in [0.1, 0.15) is 12.5 Å². The number of carbonyl (C=O) groups is 1. The quantitative estimate of drug-likeness (QED) is 0.338. The number of thioether (sulfide) groups is 1. The van der Waals surface area contributed by atoms with Crippen molar-refractivity contribution in [3.05, 3.63) is 76.8 Å². The molecule has 1 aromatic heterocycles. The molecule has 4 rings (SSSR count). The summed E-state index contributed by atoms with van der Waals surface area (Å²) in [5.74, 6) is -0.359. The fourth-order valence-corrected chi connectivity index (χ4v) is 4.91. The van der Waals surface area contributed by atoms with Gasteiger partial charge in [-0.2, -0.15) is 0 Å². The lowest BCUT2D eigenvalue weighted by Crippen LogP contribution is -2.34. The summed E-state index contributed by atoms with van der Waals surface area (Å²) in [5.41, 5.74) is 1.40. The first-order valence-electron chi connectivity index (χ1n) is 10.4. The summed E-state index contributed by atoms with van der Waals surface area (Å²) in [6.07, 6.45) is 4.66. The van der Waals surface area contributed by atoms with Crippen molar-refractivity contribution in [3.63, 3.8) is 0 Å². The van der Waals surface area contributed by atoms with Crippen LogP contribution in [0.4, 0.5) is 10.5 Å². The molecule has 7 nitrogen and oxygen atoms in total. The average molecular weight is 545 g/mol. The Hall–Kier alpha value is -1.94. The van der Waals surface area contributed by atoms with Crippen molar-refractivity contribution in [1.29, 1.82) is 0 Å². The maximum absolute atomic E-state index is 11.5. The van der Waals surface area contributed by atoms with Gasteiger partial charge >= 0.3 is 6.09 Å². The number of hydrogen-bond donors (Lipinski definition) is 1. The lowest BCUT2D eigenvalue weighted by Gasteiger charge is -2.30. The van der Waals surface area contributed by atoms with E-state index in [1.807, 2.05) is 41.1 Å². The smallest absolute Gasteiger partial charge is 0.411 e. The number of imidazole rings is 1. The monoisotopic (exact) mass is 543 g/mol. The zero-order valence-electron chi connectivity index (χ0n) is 18.3. The van der Waals surface area contributed by atoms with Crippen LogP contribution in [0.2, 0.25) is 10.0 Å². The molecule has 2 heterocycles. The second-order valence-electron chi connectivity index (χ2n) is 7.34. The van der Waals surface area contributed by atoms with Gasteiger partial charge in [-0.25, -0.2) is 9.78 Å². The average Bonchev–Trinajstić information content (AvgIpc) is 3.44. The number of amides is 1. The molecule has 1 amide bonds. The largest absolute Gasteiger partial charge is 0.450 e. The lowest BCUT2D eigenvalue weighted by atomic mass is 10.1. The highest BCUT2D eigenvalue weighted by Crippen LogP contribution is 2.41. The summed E-state index contributed by atoms with van der Waals surface area (Å²) in [5, 5.41) is 3.72. The van der Waals surface area contributed by atoms with E-state index in [1.54, 1.807) is 43.3 Å². The fraction of sp³-hybridized carbons (Fsp3) is 0.304. The standard InChI is InChI=1S/C23H23Cl2N3O4S.ClH/c1-2-30-22(29)27-17-4-6-19(7-5-17)33-13-18-12-31-23(32-18,14-28-10-9-26-15-28)20-8-3-16(24)11-21(20)25;/h3-11,15,18H,2,12-14H2,1H3,(H,27,29);1H. The summed E-state index contributed by atoms with van der Waals surface area (Å²) in [7, 11) is 0. The molecule has 2 unspecified atom stereocenters. The highest BCUT2D eigenvalue weighted by Gasteiger charge is 2.45. The predicted molar refractivity (Wildman–Crippen MR) is 136 cm³/mol. The van der Waals surface area contributed by atoms with Crippen LogP contribution in [-0.4, -0.2) is 40.7 Å². The predicted octanol–water partition coefficient (Wildman–Crippen LogP) is 6.24. The molecule has 3 aromatic rings. The van der Waals surface area contributed by atoms with Crippen LogP contribution in [0.25, 0.3) is 0 Å². The molecule has 0 aliphatic carbocycles. The zero-order valence-corrected chi connectivity index (χ0v) is 21.4. The van der Waals surface area contributed by atoms with Crippen LogP contribution in [0.3, 0.4) is 0 Å². The number of hydrogen-bond acceptors (Lipinski definition) is 6. The van der Waals surface area contributed by atoms with Gasteiger partial charge in [0, 0.05) is 39.3 Å². The maximum Gasteiger partial charge on any atom is 0.411 e. The lowest BCUT2D eigenvalue weighted by molar-refractivity contribution is -0.184. The first-order valence-corrected chi connectivity index (χ1v) is 12.1. The van der Waals surface area contributed by atoms with Crippen molar-refractivity contribution in [1.82, 2.24) is 9.55 Å². The van der Waals surface area contributed by atoms with Crippen LogP contribution >= 0.6 is 47.4 Å². The molecule has 182 valence electrons. The Morgan fingerprint density at radius 2 is 2.09 bits per heavy atom. The molecular formula is C23H24Cl3N3O4S. The number of rotatable bonds is 8. The molecule has 0 spiro atoms. The molecule has 1 fully saturated rings. The van der Waals surface area contributed by atoms with E-state index in [0.29, 0.717) is 41.2 Å². The minimum absolute atomic E-state index is 0. The Morgan fingerprint density at radius 1 is 1.29 bits per heavy atom. The SMILES string of the molecule is CCOC(=O)Nc1ccc(SCC2COC(Cn3ccnc3)(c3ccc(Cl)cc3Cl)O2)cc1.Cl. The van der Waals surface area contributed by atoms with E-state index in [1.165, 1.54) is 0 Å². The summed E-state index contributed by atoms with van der Waals surface area (Å²) >= 11 is 14.3. The van der Waals surface area contributed by atoms with Gasteiger partial charge < -0.3 is 18.8 Å². The molecular weight excluding hydrogens is 521 g/mol. The van der Waals surface area contributed by atoms with E-state index in [4.69, 9.17) is 37.4 Å². The molecule has 0 saturated carbocycles. The van der Waals surface area contributed by atoms with E-state index in [2.05, 4.69) is 10.3 Å². The Labute approximate surface area is 218 Å². The van der Waals surface area contributed by atoms with Crippen molar-refractivity contribution in [2.75, 3.05) is 24.3 Å².